The summed E-state index contributed by atoms with van der Waals surface area (Å²) in [5, 5.41) is 1.22. The SMILES string of the molecule is O=C(c1ccc2c(c1)OCCO2)N1CCN(S(=O)(=O)C=Cc2ccccc2)CC1. The molecule has 1 saturated heterocycles. The van der Waals surface area contributed by atoms with Gasteiger partial charge < -0.3 is 14.4 Å². The van der Waals surface area contributed by atoms with Crippen molar-refractivity contribution in [3.8, 4) is 11.5 Å². The molecule has 0 aromatic heterocycles. The molecule has 152 valence electrons. The fourth-order valence-corrected chi connectivity index (χ4v) is 4.49. The molecular weight excluding hydrogens is 392 g/mol. The molecule has 4 rings (SSSR count). The third-order valence-corrected chi connectivity index (χ3v) is 6.47. The zero-order valence-corrected chi connectivity index (χ0v) is 16.7. The van der Waals surface area contributed by atoms with E-state index >= 15 is 0 Å². The lowest BCUT2D eigenvalue weighted by molar-refractivity contribution is 0.0697. The van der Waals surface area contributed by atoms with Gasteiger partial charge >= 0.3 is 0 Å². The summed E-state index contributed by atoms with van der Waals surface area (Å²) >= 11 is 0. The highest BCUT2D eigenvalue weighted by atomic mass is 32.2. The molecule has 2 aromatic carbocycles. The van der Waals surface area contributed by atoms with E-state index in [2.05, 4.69) is 0 Å². The van der Waals surface area contributed by atoms with E-state index in [1.165, 1.54) is 9.71 Å². The van der Waals surface area contributed by atoms with Gasteiger partial charge in [0.1, 0.15) is 13.2 Å². The van der Waals surface area contributed by atoms with Crippen LogP contribution < -0.4 is 9.47 Å². The van der Waals surface area contributed by atoms with Crippen molar-refractivity contribution in [2.45, 2.75) is 0 Å². The van der Waals surface area contributed by atoms with E-state index in [-0.39, 0.29) is 19.0 Å². The number of rotatable bonds is 4. The summed E-state index contributed by atoms with van der Waals surface area (Å²) in [6.45, 7) is 2.15. The Morgan fingerprint density at radius 3 is 2.31 bits per heavy atom. The van der Waals surface area contributed by atoms with Crippen LogP contribution in [0, 0.1) is 0 Å². The van der Waals surface area contributed by atoms with E-state index in [1.54, 1.807) is 29.2 Å². The van der Waals surface area contributed by atoms with Crippen molar-refractivity contribution in [1.29, 1.82) is 0 Å². The summed E-state index contributed by atoms with van der Waals surface area (Å²) in [6.07, 6.45) is 1.59. The summed E-state index contributed by atoms with van der Waals surface area (Å²) in [5.41, 5.74) is 1.33. The summed E-state index contributed by atoms with van der Waals surface area (Å²) in [7, 11) is -3.53. The Balaban J connectivity index is 1.38. The molecule has 2 aliphatic heterocycles. The van der Waals surface area contributed by atoms with Crippen LogP contribution in [0.1, 0.15) is 15.9 Å². The maximum atomic E-state index is 12.8. The Hall–Kier alpha value is -2.84. The van der Waals surface area contributed by atoms with Gasteiger partial charge in [-0.15, -0.1) is 0 Å². The maximum absolute atomic E-state index is 12.8. The molecule has 2 heterocycles. The van der Waals surface area contributed by atoms with Gasteiger partial charge in [-0.3, -0.25) is 4.79 Å². The zero-order chi connectivity index (χ0) is 20.3. The normalized spacial score (nSPS) is 17.4. The van der Waals surface area contributed by atoms with E-state index in [4.69, 9.17) is 9.47 Å². The number of fused-ring (bicyclic) bond motifs is 1. The molecule has 0 spiro atoms. The first kappa shape index (κ1) is 19.5. The van der Waals surface area contributed by atoms with Gasteiger partial charge in [-0.1, -0.05) is 30.3 Å². The quantitative estimate of drug-likeness (QED) is 0.767. The summed E-state index contributed by atoms with van der Waals surface area (Å²) in [6, 6.07) is 14.4. The Kier molecular flexibility index (Phi) is 5.55. The van der Waals surface area contributed by atoms with E-state index in [1.807, 2.05) is 30.3 Å². The van der Waals surface area contributed by atoms with Crippen molar-refractivity contribution in [3.05, 3.63) is 65.1 Å². The minimum absolute atomic E-state index is 0.140. The number of ether oxygens (including phenoxy) is 2. The average Bonchev–Trinajstić information content (AvgIpc) is 2.78. The monoisotopic (exact) mass is 414 g/mol. The third-order valence-electron chi connectivity index (χ3n) is 4.91. The molecular formula is C21H22N2O5S. The number of hydrogen-bond acceptors (Lipinski definition) is 5. The predicted octanol–water partition coefficient (Wildman–Crippen LogP) is 2.22. The number of amides is 1. The molecule has 0 unspecified atom stereocenters. The van der Waals surface area contributed by atoms with Crippen LogP contribution in [-0.4, -0.2) is 62.9 Å². The number of nitrogens with zero attached hydrogens (tertiary/aromatic N) is 2. The molecule has 0 radical (unpaired) electrons. The number of sulfonamides is 1. The van der Waals surface area contributed by atoms with Gasteiger partial charge in [-0.05, 0) is 29.8 Å². The molecule has 8 heteroatoms. The lowest BCUT2D eigenvalue weighted by Gasteiger charge is -2.33. The molecule has 0 aliphatic carbocycles. The van der Waals surface area contributed by atoms with Gasteiger partial charge in [-0.2, -0.15) is 4.31 Å². The molecule has 1 fully saturated rings. The molecule has 7 nitrogen and oxygen atoms in total. The Morgan fingerprint density at radius 2 is 1.59 bits per heavy atom. The van der Waals surface area contributed by atoms with Gasteiger partial charge in [0.2, 0.25) is 10.0 Å². The zero-order valence-electron chi connectivity index (χ0n) is 15.9. The molecule has 0 saturated carbocycles. The van der Waals surface area contributed by atoms with E-state index in [0.29, 0.717) is 43.4 Å². The van der Waals surface area contributed by atoms with Crippen LogP contribution >= 0.6 is 0 Å². The smallest absolute Gasteiger partial charge is 0.254 e. The maximum Gasteiger partial charge on any atom is 0.254 e. The van der Waals surface area contributed by atoms with Crippen LogP contribution in [0.5, 0.6) is 11.5 Å². The topological polar surface area (TPSA) is 76.2 Å². The lowest BCUT2D eigenvalue weighted by Crippen LogP contribution is -2.50. The van der Waals surface area contributed by atoms with Gasteiger partial charge in [0.15, 0.2) is 11.5 Å². The second kappa shape index (κ2) is 8.26. The molecule has 0 N–H and O–H groups in total. The van der Waals surface area contributed by atoms with Crippen LogP contribution in [0.4, 0.5) is 0 Å². The number of carbonyl (C=O) groups excluding carboxylic acids is 1. The average molecular weight is 414 g/mol. The van der Waals surface area contributed by atoms with E-state index < -0.39 is 10.0 Å². The molecule has 0 bridgehead atoms. The van der Waals surface area contributed by atoms with E-state index in [0.717, 1.165) is 5.56 Å². The largest absolute Gasteiger partial charge is 0.486 e. The van der Waals surface area contributed by atoms with Crippen LogP contribution in [0.2, 0.25) is 0 Å². The molecule has 0 atom stereocenters. The summed E-state index contributed by atoms with van der Waals surface area (Å²) in [5.74, 6) is 1.06. The summed E-state index contributed by atoms with van der Waals surface area (Å²) in [4.78, 5) is 14.5. The Bertz CT molecular complexity index is 1010. The fourth-order valence-electron chi connectivity index (χ4n) is 3.32. The second-order valence-corrected chi connectivity index (χ2v) is 8.63. The van der Waals surface area contributed by atoms with E-state index in [9.17, 15) is 13.2 Å². The first-order chi connectivity index (χ1) is 14.0. The van der Waals surface area contributed by atoms with Crippen molar-refractivity contribution in [2.75, 3.05) is 39.4 Å². The van der Waals surface area contributed by atoms with Crippen LogP contribution in [0.25, 0.3) is 6.08 Å². The minimum atomic E-state index is -3.53. The Morgan fingerprint density at radius 1 is 0.897 bits per heavy atom. The second-order valence-electron chi connectivity index (χ2n) is 6.81. The first-order valence-electron chi connectivity index (χ1n) is 9.45. The molecule has 29 heavy (non-hydrogen) atoms. The van der Waals surface area contributed by atoms with Gasteiger partial charge in [-0.25, -0.2) is 8.42 Å². The standard InChI is InChI=1S/C21H22N2O5S/c24-21(18-6-7-19-20(16-18)28-14-13-27-19)22-9-11-23(12-10-22)29(25,26)15-8-17-4-2-1-3-5-17/h1-8,15-16H,9-14H2. The van der Waals surface area contributed by atoms with Gasteiger partial charge in [0, 0.05) is 37.2 Å². The number of benzene rings is 2. The highest BCUT2D eigenvalue weighted by Gasteiger charge is 2.28. The highest BCUT2D eigenvalue weighted by molar-refractivity contribution is 7.92. The van der Waals surface area contributed by atoms with Crippen LogP contribution in [0.15, 0.2) is 53.9 Å². The molecule has 2 aromatic rings. The predicted molar refractivity (Wildman–Crippen MR) is 109 cm³/mol. The van der Waals surface area contributed by atoms with Crippen molar-refractivity contribution >= 4 is 22.0 Å². The van der Waals surface area contributed by atoms with Crippen molar-refractivity contribution in [2.24, 2.45) is 0 Å². The number of piperazine rings is 1. The van der Waals surface area contributed by atoms with Crippen LogP contribution in [0.3, 0.4) is 0 Å². The Labute approximate surface area is 170 Å². The third kappa shape index (κ3) is 4.44. The number of carbonyl (C=O) groups is 1. The molecule has 1 amide bonds. The van der Waals surface area contributed by atoms with Crippen molar-refractivity contribution in [1.82, 2.24) is 9.21 Å². The highest BCUT2D eigenvalue weighted by Crippen LogP contribution is 2.31. The lowest BCUT2D eigenvalue weighted by atomic mass is 10.1. The summed E-state index contributed by atoms with van der Waals surface area (Å²) < 4.78 is 37.6. The van der Waals surface area contributed by atoms with Crippen LogP contribution in [-0.2, 0) is 10.0 Å². The van der Waals surface area contributed by atoms with Gasteiger partial charge in [0.25, 0.3) is 5.91 Å². The molecule has 2 aliphatic rings. The van der Waals surface area contributed by atoms with Gasteiger partial charge in [0.05, 0.1) is 0 Å². The minimum Gasteiger partial charge on any atom is -0.486 e. The first-order valence-corrected chi connectivity index (χ1v) is 11.0. The number of hydrogen-bond donors (Lipinski definition) is 0. The van der Waals surface area contributed by atoms with Crippen molar-refractivity contribution in [3.63, 3.8) is 0 Å². The van der Waals surface area contributed by atoms with Crippen molar-refractivity contribution < 1.29 is 22.7 Å². The fraction of sp³-hybridized carbons (Fsp3) is 0.286.